The summed E-state index contributed by atoms with van der Waals surface area (Å²) in [6, 6.07) is 11.1. The van der Waals surface area contributed by atoms with Crippen LogP contribution in [0.15, 0.2) is 55.1 Å². The molecule has 0 aliphatic rings. The van der Waals surface area contributed by atoms with Gasteiger partial charge in [-0.3, -0.25) is 9.55 Å². The second-order valence-electron chi connectivity index (χ2n) is 5.55. The molecule has 128 valence electrons. The number of aromatic nitrogens is 4. The lowest BCUT2D eigenvalue weighted by molar-refractivity contribution is 0.251. The van der Waals surface area contributed by atoms with Gasteiger partial charge in [-0.15, -0.1) is 10.2 Å². The zero-order valence-electron chi connectivity index (χ0n) is 14.0. The van der Waals surface area contributed by atoms with Crippen LogP contribution in [0, 0.1) is 0 Å². The Labute approximate surface area is 145 Å². The van der Waals surface area contributed by atoms with E-state index in [4.69, 9.17) is 0 Å². The quantitative estimate of drug-likeness (QED) is 0.744. The molecule has 0 spiro atoms. The number of nitrogens with one attached hydrogen (secondary N) is 2. The first-order chi connectivity index (χ1) is 12.1. The van der Waals surface area contributed by atoms with Gasteiger partial charge in [0.15, 0.2) is 5.82 Å². The Morgan fingerprint density at radius 2 is 2.00 bits per heavy atom. The molecule has 2 N–H and O–H groups in total. The summed E-state index contributed by atoms with van der Waals surface area (Å²) in [6.07, 6.45) is 4.95. The fraction of sp³-hybridized carbons (Fsp3) is 0.176. The summed E-state index contributed by atoms with van der Waals surface area (Å²) in [7, 11) is 3.78. The van der Waals surface area contributed by atoms with Crippen LogP contribution in [0.25, 0.3) is 5.69 Å². The lowest BCUT2D eigenvalue weighted by Gasteiger charge is -2.17. The van der Waals surface area contributed by atoms with Crippen LogP contribution < -0.4 is 15.5 Å². The van der Waals surface area contributed by atoms with E-state index in [2.05, 4.69) is 25.8 Å². The molecular weight excluding hydrogens is 318 g/mol. The van der Waals surface area contributed by atoms with Crippen LogP contribution in [-0.4, -0.2) is 39.9 Å². The fourth-order valence-electron chi connectivity index (χ4n) is 2.36. The van der Waals surface area contributed by atoms with E-state index in [-0.39, 0.29) is 12.6 Å². The third kappa shape index (κ3) is 3.92. The van der Waals surface area contributed by atoms with Gasteiger partial charge in [0, 0.05) is 26.0 Å². The van der Waals surface area contributed by atoms with Crippen LogP contribution >= 0.6 is 0 Å². The summed E-state index contributed by atoms with van der Waals surface area (Å²) in [5.41, 5.74) is 2.45. The molecule has 1 aromatic carbocycles. The Morgan fingerprint density at radius 3 is 2.76 bits per heavy atom. The first-order valence-corrected chi connectivity index (χ1v) is 7.75. The minimum atomic E-state index is -0.322. The Bertz CT molecular complexity index is 845. The number of nitrogens with zero attached hydrogens (tertiary/aromatic N) is 5. The van der Waals surface area contributed by atoms with E-state index in [1.54, 1.807) is 24.8 Å². The molecule has 8 heteroatoms. The molecule has 0 radical (unpaired) electrons. The van der Waals surface area contributed by atoms with E-state index in [0.29, 0.717) is 11.5 Å². The highest BCUT2D eigenvalue weighted by Crippen LogP contribution is 2.21. The van der Waals surface area contributed by atoms with Crippen LogP contribution in [-0.2, 0) is 6.54 Å². The highest BCUT2D eigenvalue weighted by Gasteiger charge is 2.10. The number of amides is 2. The third-order valence-corrected chi connectivity index (χ3v) is 3.59. The van der Waals surface area contributed by atoms with Gasteiger partial charge in [0.1, 0.15) is 6.33 Å². The maximum absolute atomic E-state index is 12.2. The van der Waals surface area contributed by atoms with E-state index >= 15 is 0 Å². The average Bonchev–Trinajstić information content (AvgIpc) is 3.09. The lowest BCUT2D eigenvalue weighted by Crippen LogP contribution is -2.30. The number of rotatable bonds is 5. The van der Waals surface area contributed by atoms with Gasteiger partial charge in [0.05, 0.1) is 24.1 Å². The highest BCUT2D eigenvalue weighted by atomic mass is 16.2. The van der Waals surface area contributed by atoms with Crippen LogP contribution in [0.5, 0.6) is 0 Å². The van der Waals surface area contributed by atoms with E-state index in [1.165, 1.54) is 0 Å². The molecule has 2 amide bonds. The predicted octanol–water partition coefficient (Wildman–Crippen LogP) is 2.05. The molecule has 0 saturated carbocycles. The zero-order valence-corrected chi connectivity index (χ0v) is 14.0. The molecule has 0 unspecified atom stereocenters. The minimum Gasteiger partial charge on any atom is -0.375 e. The third-order valence-electron chi connectivity index (χ3n) is 3.59. The predicted molar refractivity (Wildman–Crippen MR) is 95.8 cm³/mol. The van der Waals surface area contributed by atoms with Crippen LogP contribution in [0.3, 0.4) is 0 Å². The van der Waals surface area contributed by atoms with Gasteiger partial charge < -0.3 is 15.5 Å². The number of anilines is 2. The van der Waals surface area contributed by atoms with Crippen molar-refractivity contribution in [1.29, 1.82) is 0 Å². The zero-order chi connectivity index (χ0) is 17.6. The second-order valence-corrected chi connectivity index (χ2v) is 5.55. The molecule has 0 aliphatic heterocycles. The second kappa shape index (κ2) is 7.43. The summed E-state index contributed by atoms with van der Waals surface area (Å²) in [4.78, 5) is 18.2. The number of hydrogen-bond donors (Lipinski definition) is 2. The lowest BCUT2D eigenvalue weighted by atomic mass is 10.3. The van der Waals surface area contributed by atoms with Crippen molar-refractivity contribution in [3.05, 3.63) is 60.9 Å². The average molecular weight is 337 g/mol. The van der Waals surface area contributed by atoms with Gasteiger partial charge in [-0.25, -0.2) is 4.79 Å². The number of urea groups is 1. The van der Waals surface area contributed by atoms with E-state index < -0.39 is 0 Å². The van der Waals surface area contributed by atoms with Gasteiger partial charge in [0.25, 0.3) is 0 Å². The molecule has 2 heterocycles. The summed E-state index contributed by atoms with van der Waals surface area (Å²) in [6.45, 7) is 0.253. The number of benzene rings is 1. The summed E-state index contributed by atoms with van der Waals surface area (Å²) in [5.74, 6) is 0.643. The van der Waals surface area contributed by atoms with Crippen molar-refractivity contribution in [2.24, 2.45) is 0 Å². The van der Waals surface area contributed by atoms with Gasteiger partial charge in [-0.05, 0) is 18.2 Å². The molecule has 25 heavy (non-hydrogen) atoms. The largest absolute Gasteiger partial charge is 0.375 e. The van der Waals surface area contributed by atoms with Crippen molar-refractivity contribution in [2.45, 2.75) is 6.54 Å². The molecule has 3 aromatic rings. The van der Waals surface area contributed by atoms with Crippen molar-refractivity contribution in [1.82, 2.24) is 25.1 Å². The molecule has 0 atom stereocenters. The number of carbonyl (C=O) groups is 1. The fourth-order valence-corrected chi connectivity index (χ4v) is 2.36. The Morgan fingerprint density at radius 1 is 1.20 bits per heavy atom. The summed E-state index contributed by atoms with van der Waals surface area (Å²) < 4.78 is 1.83. The van der Waals surface area contributed by atoms with E-state index in [1.807, 2.05) is 53.9 Å². The van der Waals surface area contributed by atoms with Crippen LogP contribution in [0.2, 0.25) is 0 Å². The smallest absolute Gasteiger partial charge is 0.319 e. The molecule has 0 bridgehead atoms. The standard InChI is InChI=1S/C17H19N7O/c1-23(2)15-10-18-9-8-14(15)21-17(25)19-11-16-22-20-12-24(16)13-6-4-3-5-7-13/h3-10,12H,11H2,1-2H3,(H2,18,19,21,25). The monoisotopic (exact) mass is 337 g/mol. The first-order valence-electron chi connectivity index (χ1n) is 7.75. The summed E-state index contributed by atoms with van der Waals surface area (Å²) in [5, 5.41) is 13.6. The maximum Gasteiger partial charge on any atom is 0.319 e. The Balaban J connectivity index is 1.66. The molecule has 0 aliphatic carbocycles. The first kappa shape index (κ1) is 16.4. The molecular formula is C17H19N7O. The Kier molecular flexibility index (Phi) is 4.89. The number of pyridine rings is 1. The van der Waals surface area contributed by atoms with Gasteiger partial charge in [0.2, 0.25) is 0 Å². The van der Waals surface area contributed by atoms with Crippen molar-refractivity contribution >= 4 is 17.4 Å². The van der Waals surface area contributed by atoms with Gasteiger partial charge in [-0.1, -0.05) is 18.2 Å². The van der Waals surface area contributed by atoms with Crippen LogP contribution in [0.4, 0.5) is 16.2 Å². The molecule has 0 saturated heterocycles. The van der Waals surface area contributed by atoms with Crippen molar-refractivity contribution in [3.63, 3.8) is 0 Å². The van der Waals surface area contributed by atoms with Gasteiger partial charge >= 0.3 is 6.03 Å². The van der Waals surface area contributed by atoms with Crippen molar-refractivity contribution in [3.8, 4) is 5.69 Å². The molecule has 0 fully saturated rings. The SMILES string of the molecule is CN(C)c1cnccc1NC(=O)NCc1nncn1-c1ccccc1. The van der Waals surface area contributed by atoms with E-state index in [0.717, 1.165) is 11.4 Å². The van der Waals surface area contributed by atoms with Gasteiger partial charge in [-0.2, -0.15) is 0 Å². The number of hydrogen-bond acceptors (Lipinski definition) is 5. The highest BCUT2D eigenvalue weighted by molar-refractivity contribution is 5.92. The van der Waals surface area contributed by atoms with Crippen LogP contribution in [0.1, 0.15) is 5.82 Å². The molecule has 8 nitrogen and oxygen atoms in total. The maximum atomic E-state index is 12.2. The Hall–Kier alpha value is -3.42. The molecule has 3 rings (SSSR count). The normalized spacial score (nSPS) is 10.3. The van der Waals surface area contributed by atoms with E-state index in [9.17, 15) is 4.79 Å². The topological polar surface area (TPSA) is 88.0 Å². The minimum absolute atomic E-state index is 0.253. The summed E-state index contributed by atoms with van der Waals surface area (Å²) >= 11 is 0. The molecule has 2 aromatic heterocycles. The number of carbonyl (C=O) groups excluding carboxylic acids is 1. The number of para-hydroxylation sites is 1. The van der Waals surface area contributed by atoms with Crippen molar-refractivity contribution in [2.75, 3.05) is 24.3 Å². The van der Waals surface area contributed by atoms with Crippen molar-refractivity contribution < 1.29 is 4.79 Å².